The minimum atomic E-state index is -0.465. The van der Waals surface area contributed by atoms with Gasteiger partial charge in [0.15, 0.2) is 0 Å². The Morgan fingerprint density at radius 3 is 2.33 bits per heavy atom. The average Bonchev–Trinajstić information content (AvgIpc) is 2.30. The van der Waals surface area contributed by atoms with Crippen LogP contribution in [0.25, 0.3) is 0 Å². The summed E-state index contributed by atoms with van der Waals surface area (Å²) in [6.45, 7) is 6.27. The number of nitrogens with zero attached hydrogens (tertiary/aromatic N) is 1. The first-order chi connectivity index (χ1) is 8.56. The topological polar surface area (TPSA) is 24.9 Å². The highest BCUT2D eigenvalue weighted by atomic mass is 32.2. The number of hydrogen-bond donors (Lipinski definition) is 1. The maximum absolute atomic E-state index is 12.7. The van der Waals surface area contributed by atoms with Gasteiger partial charge in [0.25, 0.3) is 0 Å². The van der Waals surface area contributed by atoms with Crippen LogP contribution in [0.1, 0.15) is 16.7 Å². The number of pyridine rings is 1. The van der Waals surface area contributed by atoms with Gasteiger partial charge >= 0.3 is 0 Å². The predicted octanol–water partition coefficient (Wildman–Crippen LogP) is 4.27. The number of nitrogens with one attached hydrogen (secondary N) is 1. The summed E-state index contributed by atoms with van der Waals surface area (Å²) in [5.41, 5.74) is 4.53. The number of hydrogen-bond acceptors (Lipinski definition) is 3. The molecule has 1 aromatic heterocycles. The SMILES string of the molecule is Cc1cc(C)c(SNc2ccc(F)nc2)c(C)c1. The molecule has 0 spiro atoms. The monoisotopic (exact) mass is 262 g/mol. The fourth-order valence-corrected chi connectivity index (χ4v) is 2.65. The van der Waals surface area contributed by atoms with Gasteiger partial charge in [-0.15, -0.1) is 0 Å². The molecule has 0 atom stereocenters. The summed E-state index contributed by atoms with van der Waals surface area (Å²) in [7, 11) is 0. The van der Waals surface area contributed by atoms with E-state index in [2.05, 4.69) is 42.6 Å². The van der Waals surface area contributed by atoms with Gasteiger partial charge in [-0.2, -0.15) is 4.39 Å². The van der Waals surface area contributed by atoms with E-state index in [-0.39, 0.29) is 0 Å². The summed E-state index contributed by atoms with van der Waals surface area (Å²) in [5, 5.41) is 0. The molecule has 0 radical (unpaired) electrons. The van der Waals surface area contributed by atoms with E-state index in [0.29, 0.717) is 0 Å². The summed E-state index contributed by atoms with van der Waals surface area (Å²) >= 11 is 1.53. The second-order valence-corrected chi connectivity index (χ2v) is 5.12. The van der Waals surface area contributed by atoms with Gasteiger partial charge in [0.2, 0.25) is 5.95 Å². The highest BCUT2D eigenvalue weighted by Crippen LogP contribution is 2.28. The molecule has 94 valence electrons. The number of rotatable bonds is 3. The molecule has 0 aliphatic rings. The standard InChI is InChI=1S/C14H15FN2S/c1-9-6-10(2)14(11(3)7-9)18-17-12-4-5-13(15)16-8-12/h4-8,17H,1-3H3. The van der Waals surface area contributed by atoms with E-state index >= 15 is 0 Å². The van der Waals surface area contributed by atoms with Crippen molar-refractivity contribution in [1.29, 1.82) is 0 Å². The summed E-state index contributed by atoms with van der Waals surface area (Å²) in [6.07, 6.45) is 1.49. The van der Waals surface area contributed by atoms with Gasteiger partial charge in [0.05, 0.1) is 11.9 Å². The number of aromatic nitrogens is 1. The summed E-state index contributed by atoms with van der Waals surface area (Å²) in [5.74, 6) is -0.465. The molecule has 1 N–H and O–H groups in total. The van der Waals surface area contributed by atoms with E-state index in [1.807, 2.05) is 0 Å². The lowest BCUT2D eigenvalue weighted by molar-refractivity contribution is 0.584. The zero-order valence-electron chi connectivity index (χ0n) is 10.6. The molecule has 2 nitrogen and oxygen atoms in total. The Morgan fingerprint density at radius 1 is 1.11 bits per heavy atom. The number of aryl methyl sites for hydroxylation is 3. The lowest BCUT2D eigenvalue weighted by Gasteiger charge is -2.11. The van der Waals surface area contributed by atoms with Crippen molar-refractivity contribution < 1.29 is 4.39 Å². The molecule has 0 unspecified atom stereocenters. The number of anilines is 1. The van der Waals surface area contributed by atoms with Crippen molar-refractivity contribution in [2.45, 2.75) is 25.7 Å². The smallest absolute Gasteiger partial charge is 0.212 e. The minimum absolute atomic E-state index is 0.465. The quantitative estimate of drug-likeness (QED) is 0.660. The molecule has 0 fully saturated rings. The Kier molecular flexibility index (Phi) is 3.87. The molecule has 18 heavy (non-hydrogen) atoms. The van der Waals surface area contributed by atoms with Crippen molar-refractivity contribution in [3.63, 3.8) is 0 Å². The summed E-state index contributed by atoms with van der Waals surface area (Å²) < 4.78 is 15.9. The van der Waals surface area contributed by atoms with Crippen molar-refractivity contribution >= 4 is 17.6 Å². The van der Waals surface area contributed by atoms with Crippen LogP contribution in [0, 0.1) is 26.7 Å². The van der Waals surface area contributed by atoms with Crippen molar-refractivity contribution in [3.8, 4) is 0 Å². The summed E-state index contributed by atoms with van der Waals surface area (Å²) in [4.78, 5) is 4.81. The van der Waals surface area contributed by atoms with Crippen LogP contribution in [0.2, 0.25) is 0 Å². The maximum atomic E-state index is 12.7. The maximum Gasteiger partial charge on any atom is 0.212 e. The molecular formula is C14H15FN2S. The molecule has 0 aliphatic heterocycles. The Hall–Kier alpha value is -1.55. The largest absolute Gasteiger partial charge is 0.324 e. The van der Waals surface area contributed by atoms with Crippen LogP contribution in [-0.2, 0) is 0 Å². The van der Waals surface area contributed by atoms with E-state index in [1.165, 1.54) is 45.8 Å². The molecule has 1 heterocycles. The first-order valence-corrected chi connectivity index (χ1v) is 6.50. The third-order valence-corrected chi connectivity index (χ3v) is 3.79. The lowest BCUT2D eigenvalue weighted by atomic mass is 10.1. The van der Waals surface area contributed by atoms with Gasteiger partial charge in [-0.25, -0.2) is 4.98 Å². The lowest BCUT2D eigenvalue weighted by Crippen LogP contribution is -1.93. The first-order valence-electron chi connectivity index (χ1n) is 5.68. The predicted molar refractivity (Wildman–Crippen MR) is 74.3 cm³/mol. The van der Waals surface area contributed by atoms with Gasteiger partial charge in [-0.3, -0.25) is 0 Å². The minimum Gasteiger partial charge on any atom is -0.324 e. The van der Waals surface area contributed by atoms with Crippen LogP contribution in [0.5, 0.6) is 0 Å². The average molecular weight is 262 g/mol. The van der Waals surface area contributed by atoms with Crippen LogP contribution < -0.4 is 4.72 Å². The fraction of sp³-hybridized carbons (Fsp3) is 0.214. The van der Waals surface area contributed by atoms with E-state index in [1.54, 1.807) is 6.07 Å². The van der Waals surface area contributed by atoms with Crippen molar-refractivity contribution in [2.24, 2.45) is 0 Å². The second-order valence-electron chi connectivity index (χ2n) is 4.30. The highest BCUT2D eigenvalue weighted by molar-refractivity contribution is 8.00. The molecule has 2 aromatic rings. The fourth-order valence-electron chi connectivity index (χ4n) is 1.87. The van der Waals surface area contributed by atoms with E-state index in [0.717, 1.165) is 5.69 Å². The Balaban J connectivity index is 2.13. The molecule has 0 bridgehead atoms. The van der Waals surface area contributed by atoms with Gasteiger partial charge < -0.3 is 4.72 Å². The van der Waals surface area contributed by atoms with E-state index < -0.39 is 5.95 Å². The van der Waals surface area contributed by atoms with Crippen LogP contribution in [0.3, 0.4) is 0 Å². The van der Waals surface area contributed by atoms with Crippen LogP contribution >= 0.6 is 11.9 Å². The summed E-state index contributed by atoms with van der Waals surface area (Å²) in [6, 6.07) is 7.33. The van der Waals surface area contributed by atoms with Crippen LogP contribution in [0.15, 0.2) is 35.4 Å². The molecule has 1 aromatic carbocycles. The zero-order valence-corrected chi connectivity index (χ0v) is 11.4. The van der Waals surface area contributed by atoms with Gasteiger partial charge in [-0.05, 0) is 56.0 Å². The van der Waals surface area contributed by atoms with Crippen molar-refractivity contribution in [2.75, 3.05) is 4.72 Å². The normalized spacial score (nSPS) is 10.4. The third kappa shape index (κ3) is 3.01. The van der Waals surface area contributed by atoms with E-state index in [4.69, 9.17) is 0 Å². The van der Waals surface area contributed by atoms with Crippen molar-refractivity contribution in [1.82, 2.24) is 4.98 Å². The van der Waals surface area contributed by atoms with E-state index in [9.17, 15) is 4.39 Å². The van der Waals surface area contributed by atoms with Crippen LogP contribution in [0.4, 0.5) is 10.1 Å². The first kappa shape index (κ1) is 12.9. The molecule has 0 saturated carbocycles. The van der Waals surface area contributed by atoms with Crippen molar-refractivity contribution in [3.05, 3.63) is 53.1 Å². The molecule has 0 aliphatic carbocycles. The van der Waals surface area contributed by atoms with Crippen LogP contribution in [-0.4, -0.2) is 4.98 Å². The van der Waals surface area contributed by atoms with Gasteiger partial charge in [0, 0.05) is 4.90 Å². The Bertz CT molecular complexity index is 529. The Morgan fingerprint density at radius 2 is 1.78 bits per heavy atom. The molecule has 2 rings (SSSR count). The zero-order chi connectivity index (χ0) is 13.1. The number of halogens is 1. The van der Waals surface area contributed by atoms with Gasteiger partial charge in [0.1, 0.15) is 0 Å². The van der Waals surface area contributed by atoms with Gasteiger partial charge in [-0.1, -0.05) is 17.7 Å². The third-order valence-electron chi connectivity index (χ3n) is 2.60. The molecule has 4 heteroatoms. The second kappa shape index (κ2) is 5.40. The molecular weight excluding hydrogens is 247 g/mol. The molecule has 0 saturated heterocycles. The Labute approximate surface area is 111 Å². The number of benzene rings is 1. The highest BCUT2D eigenvalue weighted by Gasteiger charge is 2.05. The molecule has 0 amide bonds.